The first kappa shape index (κ1) is 12.4. The van der Waals surface area contributed by atoms with Crippen LogP contribution < -0.4 is 5.32 Å². The second kappa shape index (κ2) is 6.02. The maximum absolute atomic E-state index is 11.9. The number of piperazine rings is 1. The highest BCUT2D eigenvalue weighted by Gasteiger charge is 2.19. The third-order valence-electron chi connectivity index (χ3n) is 3.13. The second-order valence-corrected chi connectivity index (χ2v) is 4.99. The zero-order chi connectivity index (χ0) is 12.1. The molecule has 0 unspecified atom stereocenters. The van der Waals surface area contributed by atoms with Gasteiger partial charge in [0.15, 0.2) is 0 Å². The Morgan fingerprint density at radius 2 is 2.18 bits per heavy atom. The fourth-order valence-electron chi connectivity index (χ4n) is 1.95. The summed E-state index contributed by atoms with van der Waals surface area (Å²) < 4.78 is 0. The van der Waals surface area contributed by atoms with Crippen LogP contribution >= 0.6 is 11.3 Å². The molecule has 0 saturated carbocycles. The van der Waals surface area contributed by atoms with Crippen LogP contribution in [0.25, 0.3) is 0 Å². The Morgan fingerprint density at radius 3 is 2.76 bits per heavy atom. The Balaban J connectivity index is 1.73. The first-order valence-corrected chi connectivity index (χ1v) is 7.00. The van der Waals surface area contributed by atoms with Crippen LogP contribution in [0.2, 0.25) is 0 Å². The van der Waals surface area contributed by atoms with Crippen molar-refractivity contribution >= 4 is 17.4 Å². The van der Waals surface area contributed by atoms with E-state index in [0.717, 1.165) is 32.7 Å². The number of carbonyl (C=O) groups excluding carboxylic acids is 1. The monoisotopic (exact) mass is 253 g/mol. The lowest BCUT2D eigenvalue weighted by Gasteiger charge is -2.33. The van der Waals surface area contributed by atoms with Crippen molar-refractivity contribution in [2.45, 2.75) is 13.5 Å². The van der Waals surface area contributed by atoms with E-state index in [1.807, 2.05) is 16.3 Å². The third-order valence-corrected chi connectivity index (χ3v) is 3.86. The minimum absolute atomic E-state index is 0.0620. The van der Waals surface area contributed by atoms with Crippen LogP contribution in [-0.2, 0) is 6.54 Å². The molecule has 1 saturated heterocycles. The molecule has 1 N–H and O–H groups in total. The first-order valence-electron chi connectivity index (χ1n) is 6.06. The maximum atomic E-state index is 11.9. The number of hydrogen-bond acceptors (Lipinski definition) is 3. The number of carbonyl (C=O) groups is 1. The number of urea groups is 1. The van der Waals surface area contributed by atoms with E-state index in [1.54, 1.807) is 11.3 Å². The van der Waals surface area contributed by atoms with Crippen molar-refractivity contribution in [3.8, 4) is 0 Å². The van der Waals surface area contributed by atoms with Crippen LogP contribution in [0.5, 0.6) is 0 Å². The minimum atomic E-state index is 0.0620. The predicted octanol–water partition coefficient (Wildman–Crippen LogP) is 1.60. The van der Waals surface area contributed by atoms with Gasteiger partial charge in [0.05, 0.1) is 0 Å². The number of nitrogens with one attached hydrogen (secondary N) is 1. The topological polar surface area (TPSA) is 35.6 Å². The van der Waals surface area contributed by atoms with E-state index in [0.29, 0.717) is 6.54 Å². The molecule has 5 heteroatoms. The average molecular weight is 253 g/mol. The molecule has 2 rings (SSSR count). The van der Waals surface area contributed by atoms with Gasteiger partial charge >= 0.3 is 6.03 Å². The highest BCUT2D eigenvalue weighted by Crippen LogP contribution is 2.06. The summed E-state index contributed by atoms with van der Waals surface area (Å²) >= 11 is 1.66. The summed E-state index contributed by atoms with van der Waals surface area (Å²) in [5.41, 5.74) is 1.18. The van der Waals surface area contributed by atoms with Crippen molar-refractivity contribution < 1.29 is 4.79 Å². The molecule has 94 valence electrons. The molecule has 1 aromatic heterocycles. The van der Waals surface area contributed by atoms with Crippen LogP contribution in [0.15, 0.2) is 16.8 Å². The number of rotatable bonds is 3. The average Bonchev–Trinajstić information content (AvgIpc) is 2.89. The number of thiophene rings is 1. The van der Waals surface area contributed by atoms with Gasteiger partial charge in [-0.25, -0.2) is 4.79 Å². The van der Waals surface area contributed by atoms with E-state index in [2.05, 4.69) is 22.5 Å². The van der Waals surface area contributed by atoms with Crippen LogP contribution in [0.4, 0.5) is 4.79 Å². The lowest BCUT2D eigenvalue weighted by Crippen LogP contribution is -2.51. The first-order chi connectivity index (χ1) is 8.29. The van der Waals surface area contributed by atoms with E-state index in [1.165, 1.54) is 5.56 Å². The molecule has 17 heavy (non-hydrogen) atoms. The largest absolute Gasteiger partial charge is 0.334 e. The van der Waals surface area contributed by atoms with Gasteiger partial charge < -0.3 is 15.1 Å². The van der Waals surface area contributed by atoms with Gasteiger partial charge in [0.2, 0.25) is 0 Å². The van der Waals surface area contributed by atoms with Crippen LogP contribution in [0.1, 0.15) is 12.5 Å². The molecule has 0 aromatic carbocycles. The Hall–Kier alpha value is -1.07. The Kier molecular flexibility index (Phi) is 4.39. The van der Waals surface area contributed by atoms with E-state index >= 15 is 0 Å². The Bertz CT molecular complexity index is 345. The van der Waals surface area contributed by atoms with Crippen molar-refractivity contribution in [3.05, 3.63) is 22.4 Å². The number of nitrogens with zero attached hydrogens (tertiary/aromatic N) is 2. The highest BCUT2D eigenvalue weighted by atomic mass is 32.1. The summed E-state index contributed by atoms with van der Waals surface area (Å²) in [5.74, 6) is 0. The number of likely N-dealkylation sites (N-methyl/N-ethyl adjacent to an activating group) is 1. The van der Waals surface area contributed by atoms with Crippen molar-refractivity contribution in [2.75, 3.05) is 32.7 Å². The highest BCUT2D eigenvalue weighted by molar-refractivity contribution is 7.07. The minimum Gasteiger partial charge on any atom is -0.334 e. The van der Waals surface area contributed by atoms with Crippen molar-refractivity contribution in [3.63, 3.8) is 0 Å². The van der Waals surface area contributed by atoms with Gasteiger partial charge in [0.25, 0.3) is 0 Å². The summed E-state index contributed by atoms with van der Waals surface area (Å²) in [7, 11) is 0. The molecule has 0 aliphatic carbocycles. The summed E-state index contributed by atoms with van der Waals surface area (Å²) in [6.07, 6.45) is 0. The lowest BCUT2D eigenvalue weighted by atomic mass is 10.3. The molecule has 1 aromatic rings. The van der Waals surface area contributed by atoms with Gasteiger partial charge in [-0.1, -0.05) is 6.92 Å². The van der Waals surface area contributed by atoms with E-state index in [9.17, 15) is 4.79 Å². The van der Waals surface area contributed by atoms with E-state index in [4.69, 9.17) is 0 Å². The molecular weight excluding hydrogens is 234 g/mol. The molecular formula is C12H19N3OS. The normalized spacial score (nSPS) is 17.1. The lowest BCUT2D eigenvalue weighted by molar-refractivity contribution is 0.142. The summed E-state index contributed by atoms with van der Waals surface area (Å²) in [5, 5.41) is 7.06. The molecule has 1 fully saturated rings. The van der Waals surface area contributed by atoms with Crippen LogP contribution in [0.3, 0.4) is 0 Å². The van der Waals surface area contributed by atoms with Gasteiger partial charge in [-0.15, -0.1) is 0 Å². The van der Waals surface area contributed by atoms with E-state index < -0.39 is 0 Å². The molecule has 1 aliphatic rings. The van der Waals surface area contributed by atoms with Gasteiger partial charge in [-0.3, -0.25) is 0 Å². The fraction of sp³-hybridized carbons (Fsp3) is 0.583. The molecule has 0 atom stereocenters. The van der Waals surface area contributed by atoms with Gasteiger partial charge in [-0.05, 0) is 28.9 Å². The third kappa shape index (κ3) is 3.44. The molecule has 1 aliphatic heterocycles. The van der Waals surface area contributed by atoms with Crippen LogP contribution in [-0.4, -0.2) is 48.6 Å². The number of hydrogen-bond donors (Lipinski definition) is 1. The summed E-state index contributed by atoms with van der Waals surface area (Å²) in [6.45, 7) is 7.52. The molecule has 0 bridgehead atoms. The van der Waals surface area contributed by atoms with Gasteiger partial charge in [-0.2, -0.15) is 11.3 Å². The quantitative estimate of drug-likeness (QED) is 0.888. The van der Waals surface area contributed by atoms with Crippen molar-refractivity contribution in [2.24, 2.45) is 0 Å². The van der Waals surface area contributed by atoms with E-state index in [-0.39, 0.29) is 6.03 Å². The SMILES string of the molecule is CCN1CCN(C(=O)NCc2ccsc2)CC1. The molecule has 2 amide bonds. The Labute approximate surface area is 106 Å². The zero-order valence-corrected chi connectivity index (χ0v) is 11.0. The van der Waals surface area contributed by atoms with Gasteiger partial charge in [0, 0.05) is 32.7 Å². The smallest absolute Gasteiger partial charge is 0.317 e. The fourth-order valence-corrected chi connectivity index (χ4v) is 2.62. The molecule has 0 spiro atoms. The molecule has 4 nitrogen and oxygen atoms in total. The van der Waals surface area contributed by atoms with Crippen molar-refractivity contribution in [1.29, 1.82) is 0 Å². The maximum Gasteiger partial charge on any atom is 0.317 e. The molecule has 2 heterocycles. The number of amides is 2. The Morgan fingerprint density at radius 1 is 1.41 bits per heavy atom. The summed E-state index contributed by atoms with van der Waals surface area (Å²) in [4.78, 5) is 16.2. The standard InChI is InChI=1S/C12H19N3OS/c1-2-14-4-6-15(7-5-14)12(16)13-9-11-3-8-17-10-11/h3,8,10H,2,4-7,9H2,1H3,(H,13,16). The molecule has 0 radical (unpaired) electrons. The summed E-state index contributed by atoms with van der Waals surface area (Å²) in [6, 6.07) is 2.10. The van der Waals surface area contributed by atoms with Crippen LogP contribution in [0, 0.1) is 0 Å². The van der Waals surface area contributed by atoms with Crippen molar-refractivity contribution in [1.82, 2.24) is 15.1 Å². The second-order valence-electron chi connectivity index (χ2n) is 4.21. The zero-order valence-electron chi connectivity index (χ0n) is 10.2. The predicted molar refractivity (Wildman–Crippen MR) is 70.2 cm³/mol. The van der Waals surface area contributed by atoms with Gasteiger partial charge in [0.1, 0.15) is 0 Å².